The molecule has 0 aliphatic rings. The van der Waals surface area contributed by atoms with E-state index in [1.807, 2.05) is 7.05 Å². The topological polar surface area (TPSA) is 21.3 Å². The Morgan fingerprint density at radius 1 is 1.36 bits per heavy atom. The highest BCUT2D eigenvalue weighted by Crippen LogP contribution is 2.06. The summed E-state index contributed by atoms with van der Waals surface area (Å²) >= 11 is 0. The fourth-order valence-corrected chi connectivity index (χ4v) is 1.16. The minimum absolute atomic E-state index is 0.719. The number of methoxy groups -OCH3 is 1. The van der Waals surface area contributed by atoms with Gasteiger partial charge in [0.15, 0.2) is 0 Å². The van der Waals surface area contributed by atoms with Crippen LogP contribution in [0.2, 0.25) is 0 Å². The number of nitrogens with one attached hydrogen (secondary N) is 1. The third-order valence-electron chi connectivity index (χ3n) is 1.82. The second-order valence-electron chi connectivity index (χ2n) is 3.16. The molecule has 0 aromatic heterocycles. The molecule has 0 aliphatic carbocycles. The first-order valence-corrected chi connectivity index (χ1v) is 4.44. The summed E-state index contributed by atoms with van der Waals surface area (Å²) in [6.45, 7) is 4.28. The standard InChI is InChI=1S/C9H21NO/c1-9(8-11-3)6-4-5-7-10-2/h9-10H,4-8H2,1-3H3. The zero-order chi connectivity index (χ0) is 8.53. The van der Waals surface area contributed by atoms with E-state index >= 15 is 0 Å². The van der Waals surface area contributed by atoms with Crippen molar-refractivity contribution < 1.29 is 4.74 Å². The molecular formula is C9H21NO. The van der Waals surface area contributed by atoms with Gasteiger partial charge in [0.1, 0.15) is 0 Å². The van der Waals surface area contributed by atoms with Gasteiger partial charge < -0.3 is 10.1 Å². The lowest BCUT2D eigenvalue weighted by Crippen LogP contribution is -2.09. The molecular weight excluding hydrogens is 138 g/mol. The van der Waals surface area contributed by atoms with Crippen LogP contribution in [0.25, 0.3) is 0 Å². The van der Waals surface area contributed by atoms with E-state index in [-0.39, 0.29) is 0 Å². The first-order valence-electron chi connectivity index (χ1n) is 4.44. The molecule has 2 nitrogen and oxygen atoms in total. The molecule has 0 aromatic carbocycles. The molecule has 0 heterocycles. The summed E-state index contributed by atoms with van der Waals surface area (Å²) in [5.74, 6) is 0.719. The molecule has 0 fully saturated rings. The smallest absolute Gasteiger partial charge is 0.0487 e. The average Bonchev–Trinajstić information content (AvgIpc) is 1.99. The van der Waals surface area contributed by atoms with E-state index in [1.165, 1.54) is 19.3 Å². The highest BCUT2D eigenvalue weighted by molar-refractivity contribution is 4.52. The first kappa shape index (κ1) is 10.9. The third-order valence-corrected chi connectivity index (χ3v) is 1.82. The summed E-state index contributed by atoms with van der Waals surface area (Å²) < 4.78 is 5.05. The van der Waals surface area contributed by atoms with E-state index in [4.69, 9.17) is 4.74 Å². The summed E-state index contributed by atoms with van der Waals surface area (Å²) in [5.41, 5.74) is 0. The van der Waals surface area contributed by atoms with Gasteiger partial charge in [-0.25, -0.2) is 0 Å². The number of ether oxygens (including phenoxy) is 1. The Hall–Kier alpha value is -0.0800. The average molecular weight is 159 g/mol. The molecule has 0 saturated heterocycles. The normalized spacial score (nSPS) is 13.4. The Labute approximate surface area is 70.3 Å². The molecule has 1 atom stereocenters. The highest BCUT2D eigenvalue weighted by atomic mass is 16.5. The number of hydrogen-bond acceptors (Lipinski definition) is 2. The second-order valence-corrected chi connectivity index (χ2v) is 3.16. The fraction of sp³-hybridized carbons (Fsp3) is 1.00. The van der Waals surface area contributed by atoms with Crippen LogP contribution in [0.3, 0.4) is 0 Å². The summed E-state index contributed by atoms with van der Waals surface area (Å²) in [6, 6.07) is 0. The van der Waals surface area contributed by atoms with Crippen LogP contribution >= 0.6 is 0 Å². The van der Waals surface area contributed by atoms with Crippen molar-refractivity contribution in [1.29, 1.82) is 0 Å². The lowest BCUT2D eigenvalue weighted by Gasteiger charge is -2.08. The van der Waals surface area contributed by atoms with E-state index in [0.29, 0.717) is 0 Å². The van der Waals surface area contributed by atoms with Gasteiger partial charge in [0.25, 0.3) is 0 Å². The Kier molecular flexibility index (Phi) is 7.96. The zero-order valence-corrected chi connectivity index (χ0v) is 8.02. The van der Waals surface area contributed by atoms with Gasteiger partial charge in [0.2, 0.25) is 0 Å². The van der Waals surface area contributed by atoms with Gasteiger partial charge in [-0.1, -0.05) is 13.3 Å². The minimum Gasteiger partial charge on any atom is -0.384 e. The Balaban J connectivity index is 2.97. The number of rotatable bonds is 7. The van der Waals surface area contributed by atoms with Gasteiger partial charge in [-0.15, -0.1) is 0 Å². The van der Waals surface area contributed by atoms with Crippen LogP contribution in [-0.2, 0) is 4.74 Å². The SMILES string of the molecule is CNCCCCC(C)COC. The van der Waals surface area contributed by atoms with Gasteiger partial charge >= 0.3 is 0 Å². The van der Waals surface area contributed by atoms with Crippen molar-refractivity contribution in [2.75, 3.05) is 27.3 Å². The molecule has 68 valence electrons. The molecule has 0 radical (unpaired) electrons. The van der Waals surface area contributed by atoms with Crippen molar-refractivity contribution in [1.82, 2.24) is 5.32 Å². The lowest BCUT2D eigenvalue weighted by molar-refractivity contribution is 0.154. The van der Waals surface area contributed by atoms with Crippen LogP contribution in [0, 0.1) is 5.92 Å². The maximum Gasteiger partial charge on any atom is 0.0487 e. The molecule has 0 bridgehead atoms. The molecule has 2 heteroatoms. The van der Waals surface area contributed by atoms with Crippen molar-refractivity contribution in [3.05, 3.63) is 0 Å². The Morgan fingerprint density at radius 2 is 2.09 bits per heavy atom. The predicted molar refractivity (Wildman–Crippen MR) is 48.8 cm³/mol. The van der Waals surface area contributed by atoms with Crippen molar-refractivity contribution in [2.45, 2.75) is 26.2 Å². The molecule has 0 saturated carbocycles. The van der Waals surface area contributed by atoms with Gasteiger partial charge in [0, 0.05) is 13.7 Å². The van der Waals surface area contributed by atoms with Crippen LogP contribution in [0.15, 0.2) is 0 Å². The quantitative estimate of drug-likeness (QED) is 0.570. The summed E-state index contributed by atoms with van der Waals surface area (Å²) in [7, 11) is 3.77. The van der Waals surface area contributed by atoms with E-state index in [9.17, 15) is 0 Å². The van der Waals surface area contributed by atoms with Gasteiger partial charge in [-0.2, -0.15) is 0 Å². The molecule has 11 heavy (non-hydrogen) atoms. The van der Waals surface area contributed by atoms with E-state index in [2.05, 4.69) is 12.2 Å². The highest BCUT2D eigenvalue weighted by Gasteiger charge is 1.99. The monoisotopic (exact) mass is 159 g/mol. The van der Waals surface area contributed by atoms with Crippen molar-refractivity contribution in [2.24, 2.45) is 5.92 Å². The summed E-state index contributed by atoms with van der Waals surface area (Å²) in [5, 5.41) is 3.14. The van der Waals surface area contributed by atoms with Crippen LogP contribution in [0.5, 0.6) is 0 Å². The predicted octanol–water partition coefficient (Wildman–Crippen LogP) is 1.66. The Morgan fingerprint density at radius 3 is 2.64 bits per heavy atom. The first-order chi connectivity index (χ1) is 5.31. The second kappa shape index (κ2) is 8.02. The summed E-state index contributed by atoms with van der Waals surface area (Å²) in [6.07, 6.45) is 3.88. The number of unbranched alkanes of at least 4 members (excludes halogenated alkanes) is 1. The third kappa shape index (κ3) is 7.82. The maximum absolute atomic E-state index is 5.05. The number of hydrogen-bond donors (Lipinski definition) is 1. The molecule has 0 rings (SSSR count). The van der Waals surface area contributed by atoms with Gasteiger partial charge in [-0.3, -0.25) is 0 Å². The van der Waals surface area contributed by atoms with Crippen molar-refractivity contribution in [3.63, 3.8) is 0 Å². The molecule has 0 aromatic rings. The van der Waals surface area contributed by atoms with E-state index in [1.54, 1.807) is 7.11 Å². The van der Waals surface area contributed by atoms with Crippen LogP contribution < -0.4 is 5.32 Å². The molecule has 0 amide bonds. The van der Waals surface area contributed by atoms with Crippen LogP contribution in [-0.4, -0.2) is 27.3 Å². The minimum atomic E-state index is 0.719. The van der Waals surface area contributed by atoms with Gasteiger partial charge in [-0.05, 0) is 32.4 Å². The molecule has 0 aliphatic heterocycles. The van der Waals surface area contributed by atoms with Crippen LogP contribution in [0.1, 0.15) is 26.2 Å². The molecule has 1 unspecified atom stereocenters. The fourth-order valence-electron chi connectivity index (χ4n) is 1.16. The maximum atomic E-state index is 5.05. The zero-order valence-electron chi connectivity index (χ0n) is 8.02. The van der Waals surface area contributed by atoms with Crippen LogP contribution in [0.4, 0.5) is 0 Å². The lowest BCUT2D eigenvalue weighted by atomic mass is 10.1. The van der Waals surface area contributed by atoms with E-state index in [0.717, 1.165) is 19.1 Å². The Bertz CT molecular complexity index is 76.0. The van der Waals surface area contributed by atoms with Gasteiger partial charge in [0.05, 0.1) is 0 Å². The van der Waals surface area contributed by atoms with Crippen molar-refractivity contribution in [3.8, 4) is 0 Å². The summed E-state index contributed by atoms with van der Waals surface area (Å²) in [4.78, 5) is 0. The largest absolute Gasteiger partial charge is 0.384 e. The van der Waals surface area contributed by atoms with Crippen molar-refractivity contribution >= 4 is 0 Å². The molecule has 0 spiro atoms. The van der Waals surface area contributed by atoms with E-state index < -0.39 is 0 Å². The molecule has 1 N–H and O–H groups in total.